The van der Waals surface area contributed by atoms with Crippen molar-refractivity contribution in [2.75, 3.05) is 33.7 Å². The Kier molecular flexibility index (Phi) is 5.81. The first-order chi connectivity index (χ1) is 12.1. The van der Waals surface area contributed by atoms with Gasteiger partial charge in [0.1, 0.15) is 5.82 Å². The van der Waals surface area contributed by atoms with Crippen molar-refractivity contribution in [3.63, 3.8) is 0 Å². The summed E-state index contributed by atoms with van der Waals surface area (Å²) in [5, 5.41) is 0. The Bertz CT molecular complexity index is 674. The molecule has 2 aromatic rings. The van der Waals surface area contributed by atoms with E-state index in [1.165, 1.54) is 5.82 Å². The molecule has 0 aliphatic carbocycles. The summed E-state index contributed by atoms with van der Waals surface area (Å²) in [5.41, 5.74) is 0.672. The first kappa shape index (κ1) is 17.6. The van der Waals surface area contributed by atoms with Gasteiger partial charge in [0.2, 0.25) is 0 Å². The van der Waals surface area contributed by atoms with Gasteiger partial charge in [-0.15, -0.1) is 0 Å². The van der Waals surface area contributed by atoms with E-state index in [9.17, 15) is 4.79 Å². The number of pyridine rings is 1. The molecule has 25 heavy (non-hydrogen) atoms. The van der Waals surface area contributed by atoms with E-state index in [-0.39, 0.29) is 5.91 Å². The standard InChI is InChI=1S/C19H27N5O/c1-22(2)10-4-11-23-14-9-21-18(23)16-6-12-24(13-7-16)19(25)17-5-3-8-20-15-17/h3,5,8-9,14-16H,4,6-7,10-13H2,1-2H3. The van der Waals surface area contributed by atoms with Gasteiger partial charge in [-0.1, -0.05) is 0 Å². The highest BCUT2D eigenvalue weighted by atomic mass is 16.2. The smallest absolute Gasteiger partial charge is 0.255 e. The van der Waals surface area contributed by atoms with E-state index in [1.54, 1.807) is 12.4 Å². The van der Waals surface area contributed by atoms with E-state index in [2.05, 4.69) is 39.7 Å². The number of likely N-dealkylation sites (tertiary alicyclic amines) is 1. The van der Waals surface area contributed by atoms with Crippen molar-refractivity contribution in [3.05, 3.63) is 48.3 Å². The Labute approximate surface area is 149 Å². The van der Waals surface area contributed by atoms with Gasteiger partial charge in [0.15, 0.2) is 0 Å². The van der Waals surface area contributed by atoms with Gasteiger partial charge in [0.25, 0.3) is 5.91 Å². The third kappa shape index (κ3) is 4.45. The highest BCUT2D eigenvalue weighted by Gasteiger charge is 2.26. The zero-order valence-corrected chi connectivity index (χ0v) is 15.1. The van der Waals surface area contributed by atoms with Gasteiger partial charge in [0, 0.05) is 50.3 Å². The third-order valence-electron chi connectivity index (χ3n) is 4.81. The largest absolute Gasteiger partial charge is 0.339 e. The Balaban J connectivity index is 1.56. The minimum atomic E-state index is 0.0841. The van der Waals surface area contributed by atoms with Crippen LogP contribution in [0.3, 0.4) is 0 Å². The number of hydrogen-bond donors (Lipinski definition) is 0. The molecule has 0 spiro atoms. The fourth-order valence-electron chi connectivity index (χ4n) is 3.44. The van der Waals surface area contributed by atoms with Gasteiger partial charge in [-0.25, -0.2) is 4.98 Å². The van der Waals surface area contributed by atoms with E-state index < -0.39 is 0 Å². The lowest BCUT2D eigenvalue weighted by Gasteiger charge is -2.32. The van der Waals surface area contributed by atoms with Crippen LogP contribution in [0.25, 0.3) is 0 Å². The molecule has 0 atom stereocenters. The topological polar surface area (TPSA) is 54.3 Å². The lowest BCUT2D eigenvalue weighted by molar-refractivity contribution is 0.0710. The molecule has 6 nitrogen and oxygen atoms in total. The minimum absolute atomic E-state index is 0.0841. The van der Waals surface area contributed by atoms with Crippen molar-refractivity contribution in [2.45, 2.75) is 31.7 Å². The van der Waals surface area contributed by atoms with Crippen LogP contribution in [0, 0.1) is 0 Å². The van der Waals surface area contributed by atoms with Crippen molar-refractivity contribution in [1.82, 2.24) is 24.3 Å². The fraction of sp³-hybridized carbons (Fsp3) is 0.526. The maximum atomic E-state index is 12.5. The molecule has 6 heteroatoms. The number of carbonyl (C=O) groups is 1. The Morgan fingerprint density at radius 3 is 2.76 bits per heavy atom. The highest BCUT2D eigenvalue weighted by molar-refractivity contribution is 5.93. The molecule has 1 fully saturated rings. The first-order valence-corrected chi connectivity index (χ1v) is 9.00. The van der Waals surface area contributed by atoms with Crippen LogP contribution in [0.2, 0.25) is 0 Å². The van der Waals surface area contributed by atoms with Crippen LogP contribution in [0.5, 0.6) is 0 Å². The summed E-state index contributed by atoms with van der Waals surface area (Å²) in [4.78, 5) is 25.3. The minimum Gasteiger partial charge on any atom is -0.339 e. The molecule has 134 valence electrons. The molecule has 0 unspecified atom stereocenters. The maximum absolute atomic E-state index is 12.5. The second kappa shape index (κ2) is 8.25. The van der Waals surface area contributed by atoms with Gasteiger partial charge in [-0.2, -0.15) is 0 Å². The zero-order chi connectivity index (χ0) is 17.6. The summed E-state index contributed by atoms with van der Waals surface area (Å²) in [6, 6.07) is 3.64. The van der Waals surface area contributed by atoms with Crippen LogP contribution in [-0.2, 0) is 6.54 Å². The summed E-state index contributed by atoms with van der Waals surface area (Å²) in [7, 11) is 4.20. The molecule has 1 saturated heterocycles. The van der Waals surface area contributed by atoms with Crippen LogP contribution in [0.4, 0.5) is 0 Å². The van der Waals surface area contributed by atoms with E-state index in [0.717, 1.165) is 45.4 Å². The number of piperidine rings is 1. The lowest BCUT2D eigenvalue weighted by Crippen LogP contribution is -2.38. The third-order valence-corrected chi connectivity index (χ3v) is 4.81. The second-order valence-electron chi connectivity index (χ2n) is 6.94. The molecular formula is C19H27N5O. The number of aryl methyl sites for hydroxylation is 1. The molecule has 3 rings (SSSR count). The normalized spacial score (nSPS) is 15.7. The van der Waals surface area contributed by atoms with Crippen LogP contribution in [0.1, 0.15) is 41.4 Å². The number of imidazole rings is 1. The fourth-order valence-corrected chi connectivity index (χ4v) is 3.44. The van der Waals surface area contributed by atoms with Crippen LogP contribution >= 0.6 is 0 Å². The molecule has 1 amide bonds. The number of carbonyl (C=O) groups excluding carboxylic acids is 1. The Morgan fingerprint density at radius 1 is 1.28 bits per heavy atom. The summed E-state index contributed by atoms with van der Waals surface area (Å²) in [5.74, 6) is 1.69. The number of rotatable bonds is 6. The summed E-state index contributed by atoms with van der Waals surface area (Å²) in [6.45, 7) is 3.64. The van der Waals surface area contributed by atoms with Crippen molar-refractivity contribution in [2.24, 2.45) is 0 Å². The maximum Gasteiger partial charge on any atom is 0.255 e. The summed E-state index contributed by atoms with van der Waals surface area (Å²) < 4.78 is 2.28. The Hall–Kier alpha value is -2.21. The van der Waals surface area contributed by atoms with E-state index in [4.69, 9.17) is 0 Å². The molecule has 0 bridgehead atoms. The van der Waals surface area contributed by atoms with E-state index in [0.29, 0.717) is 11.5 Å². The number of nitrogens with zero attached hydrogens (tertiary/aromatic N) is 5. The van der Waals surface area contributed by atoms with Gasteiger partial charge < -0.3 is 14.4 Å². The SMILES string of the molecule is CN(C)CCCn1ccnc1C1CCN(C(=O)c2cccnc2)CC1. The highest BCUT2D eigenvalue weighted by Crippen LogP contribution is 2.27. The monoisotopic (exact) mass is 341 g/mol. The molecule has 2 aromatic heterocycles. The first-order valence-electron chi connectivity index (χ1n) is 9.00. The van der Waals surface area contributed by atoms with Gasteiger partial charge >= 0.3 is 0 Å². The molecule has 0 radical (unpaired) electrons. The second-order valence-corrected chi connectivity index (χ2v) is 6.94. The van der Waals surface area contributed by atoms with Crippen molar-refractivity contribution >= 4 is 5.91 Å². The van der Waals surface area contributed by atoms with Gasteiger partial charge in [-0.05, 0) is 52.0 Å². The predicted molar refractivity (Wildman–Crippen MR) is 97.5 cm³/mol. The molecule has 1 aliphatic heterocycles. The predicted octanol–water partition coefficient (Wildman–Crippen LogP) is 2.25. The van der Waals surface area contributed by atoms with E-state index in [1.807, 2.05) is 23.2 Å². The van der Waals surface area contributed by atoms with Gasteiger partial charge in [0.05, 0.1) is 5.56 Å². The van der Waals surface area contributed by atoms with Crippen molar-refractivity contribution in [1.29, 1.82) is 0 Å². The number of amides is 1. The van der Waals surface area contributed by atoms with Crippen molar-refractivity contribution in [3.8, 4) is 0 Å². The Morgan fingerprint density at radius 2 is 2.08 bits per heavy atom. The molecular weight excluding hydrogens is 314 g/mol. The number of hydrogen-bond acceptors (Lipinski definition) is 4. The summed E-state index contributed by atoms with van der Waals surface area (Å²) in [6.07, 6.45) is 10.4. The molecule has 3 heterocycles. The van der Waals surface area contributed by atoms with Crippen LogP contribution < -0.4 is 0 Å². The van der Waals surface area contributed by atoms with Crippen LogP contribution in [0.15, 0.2) is 36.9 Å². The quantitative estimate of drug-likeness (QED) is 0.809. The molecule has 0 N–H and O–H groups in total. The average molecular weight is 341 g/mol. The summed E-state index contributed by atoms with van der Waals surface area (Å²) >= 11 is 0. The zero-order valence-electron chi connectivity index (χ0n) is 15.1. The van der Waals surface area contributed by atoms with Crippen LogP contribution in [-0.4, -0.2) is 64.0 Å². The molecule has 0 saturated carbocycles. The average Bonchev–Trinajstić information content (AvgIpc) is 3.10. The van der Waals surface area contributed by atoms with Crippen molar-refractivity contribution < 1.29 is 4.79 Å². The van der Waals surface area contributed by atoms with Gasteiger partial charge in [-0.3, -0.25) is 9.78 Å². The molecule has 1 aliphatic rings. The van der Waals surface area contributed by atoms with E-state index >= 15 is 0 Å². The lowest BCUT2D eigenvalue weighted by atomic mass is 9.95. The number of aromatic nitrogens is 3. The molecule has 0 aromatic carbocycles.